The van der Waals surface area contributed by atoms with Gasteiger partial charge in [0.1, 0.15) is 0 Å². The number of halogens is 1. The van der Waals surface area contributed by atoms with Gasteiger partial charge in [-0.15, -0.1) is 10.2 Å². The summed E-state index contributed by atoms with van der Waals surface area (Å²) >= 11 is 5.65. The van der Waals surface area contributed by atoms with E-state index in [1.165, 1.54) is 0 Å². The van der Waals surface area contributed by atoms with Crippen LogP contribution in [0, 0.1) is 0 Å². The van der Waals surface area contributed by atoms with Crippen LogP contribution in [0.3, 0.4) is 0 Å². The molecule has 6 nitrogen and oxygen atoms in total. The molecule has 0 aromatic carbocycles. The molecule has 0 atom stereocenters. The Balaban J connectivity index is 1.64. The molecule has 7 heteroatoms. The maximum atomic E-state index is 12.2. The van der Waals surface area contributed by atoms with E-state index in [2.05, 4.69) is 10.2 Å². The fourth-order valence-corrected chi connectivity index (χ4v) is 2.53. The summed E-state index contributed by atoms with van der Waals surface area (Å²) in [6.07, 6.45) is 1.39. The van der Waals surface area contributed by atoms with Crippen molar-refractivity contribution in [2.24, 2.45) is 0 Å². The van der Waals surface area contributed by atoms with Crippen LogP contribution in [0.4, 0.5) is 0 Å². The molecule has 3 heterocycles. The monoisotopic (exact) mass is 283 g/mol. The number of nitrogens with zero attached hydrogens (tertiary/aromatic N) is 3. The molecular weight excluding hydrogens is 270 g/mol. The minimum atomic E-state index is -0.470. The molecular formula is C12H14ClN3O3. The van der Waals surface area contributed by atoms with Crippen molar-refractivity contribution >= 4 is 17.5 Å². The van der Waals surface area contributed by atoms with E-state index in [-0.39, 0.29) is 11.1 Å². The predicted octanol–water partition coefficient (Wildman–Crippen LogP) is 1.11. The number of rotatable bonds is 1. The van der Waals surface area contributed by atoms with Crippen molar-refractivity contribution in [2.45, 2.75) is 18.6 Å². The molecule has 0 aliphatic carbocycles. The second-order valence-corrected chi connectivity index (χ2v) is 5.03. The zero-order chi connectivity index (χ0) is 13.3. The third-order valence-electron chi connectivity index (χ3n) is 3.48. The summed E-state index contributed by atoms with van der Waals surface area (Å²) in [4.78, 5) is 14.0. The van der Waals surface area contributed by atoms with Gasteiger partial charge in [0.2, 0.25) is 0 Å². The number of hydrogen-bond donors (Lipinski definition) is 0. The maximum Gasteiger partial charge on any atom is 0.274 e. The van der Waals surface area contributed by atoms with Gasteiger partial charge in [0.05, 0.1) is 13.2 Å². The second-order valence-electron chi connectivity index (χ2n) is 4.64. The second kappa shape index (κ2) is 5.03. The van der Waals surface area contributed by atoms with Crippen LogP contribution in [0.1, 0.15) is 23.3 Å². The Morgan fingerprint density at radius 3 is 2.47 bits per heavy atom. The zero-order valence-corrected chi connectivity index (χ0v) is 11.1. The predicted molar refractivity (Wildman–Crippen MR) is 66.8 cm³/mol. The van der Waals surface area contributed by atoms with Gasteiger partial charge in [-0.3, -0.25) is 4.79 Å². The molecule has 2 fully saturated rings. The third-order valence-corrected chi connectivity index (χ3v) is 3.68. The molecule has 19 heavy (non-hydrogen) atoms. The van der Waals surface area contributed by atoms with E-state index < -0.39 is 5.79 Å². The van der Waals surface area contributed by atoms with E-state index in [9.17, 15) is 4.79 Å². The minimum absolute atomic E-state index is 0.128. The van der Waals surface area contributed by atoms with Crippen LogP contribution in [0.25, 0.3) is 0 Å². The normalized spacial score (nSPS) is 21.8. The van der Waals surface area contributed by atoms with Crippen LogP contribution < -0.4 is 0 Å². The first-order chi connectivity index (χ1) is 9.19. The Bertz CT molecular complexity index is 464. The Labute approximate surface area is 115 Å². The third kappa shape index (κ3) is 2.56. The first-order valence-corrected chi connectivity index (χ1v) is 6.63. The van der Waals surface area contributed by atoms with Crippen molar-refractivity contribution < 1.29 is 14.3 Å². The number of ether oxygens (including phenoxy) is 2. The fourth-order valence-electron chi connectivity index (χ4n) is 2.43. The molecule has 2 aliphatic heterocycles. The number of likely N-dealkylation sites (tertiary alicyclic amines) is 1. The molecule has 0 saturated carbocycles. The summed E-state index contributed by atoms with van der Waals surface area (Å²) in [5.41, 5.74) is 0.314. The number of aromatic nitrogens is 2. The molecule has 102 valence electrons. The summed E-state index contributed by atoms with van der Waals surface area (Å²) in [6, 6.07) is 3.15. The smallest absolute Gasteiger partial charge is 0.274 e. The van der Waals surface area contributed by atoms with Crippen LogP contribution in [0.15, 0.2) is 12.1 Å². The highest BCUT2D eigenvalue weighted by atomic mass is 35.5. The average Bonchev–Trinajstić information content (AvgIpc) is 2.88. The standard InChI is InChI=1S/C12H14ClN3O3/c13-10-2-1-9(14-15-10)11(17)16-5-3-12(4-6-16)18-7-8-19-12/h1-2H,3-8H2. The van der Waals surface area contributed by atoms with Crippen molar-refractivity contribution in [3.8, 4) is 0 Å². The van der Waals surface area contributed by atoms with Crippen LogP contribution in [-0.4, -0.2) is 53.1 Å². The van der Waals surface area contributed by atoms with Gasteiger partial charge >= 0.3 is 0 Å². The summed E-state index contributed by atoms with van der Waals surface area (Å²) in [5.74, 6) is -0.598. The summed E-state index contributed by atoms with van der Waals surface area (Å²) < 4.78 is 11.3. The molecule has 2 saturated heterocycles. The fraction of sp³-hybridized carbons (Fsp3) is 0.583. The largest absolute Gasteiger partial charge is 0.347 e. The molecule has 0 bridgehead atoms. The number of carbonyl (C=O) groups is 1. The van der Waals surface area contributed by atoms with Gasteiger partial charge < -0.3 is 14.4 Å². The highest BCUT2D eigenvalue weighted by Crippen LogP contribution is 2.31. The Hall–Kier alpha value is -1.24. The van der Waals surface area contributed by atoms with Crippen LogP contribution >= 0.6 is 11.6 Å². The molecule has 1 aromatic heterocycles. The minimum Gasteiger partial charge on any atom is -0.347 e. The number of piperidine rings is 1. The Morgan fingerprint density at radius 1 is 1.21 bits per heavy atom. The molecule has 3 rings (SSSR count). The van der Waals surface area contributed by atoms with Gasteiger partial charge in [-0.25, -0.2) is 0 Å². The molecule has 0 unspecified atom stereocenters. The SMILES string of the molecule is O=C(c1ccc(Cl)nn1)N1CCC2(CC1)OCCO2. The molecule has 0 N–H and O–H groups in total. The Kier molecular flexibility index (Phi) is 3.38. The lowest BCUT2D eigenvalue weighted by atomic mass is 10.0. The van der Waals surface area contributed by atoms with Crippen molar-refractivity contribution in [1.82, 2.24) is 15.1 Å². The first kappa shape index (κ1) is 12.8. The maximum absolute atomic E-state index is 12.2. The lowest BCUT2D eigenvalue weighted by Crippen LogP contribution is -2.47. The van der Waals surface area contributed by atoms with Gasteiger partial charge in [-0.05, 0) is 12.1 Å². The molecule has 0 radical (unpaired) electrons. The van der Waals surface area contributed by atoms with Crippen molar-refractivity contribution in [1.29, 1.82) is 0 Å². The van der Waals surface area contributed by atoms with Gasteiger partial charge in [-0.1, -0.05) is 11.6 Å². The van der Waals surface area contributed by atoms with E-state index in [4.69, 9.17) is 21.1 Å². The quantitative estimate of drug-likeness (QED) is 0.772. The first-order valence-electron chi connectivity index (χ1n) is 6.25. The van der Waals surface area contributed by atoms with Crippen molar-refractivity contribution in [3.05, 3.63) is 23.0 Å². The molecule has 2 aliphatic rings. The summed E-state index contributed by atoms with van der Waals surface area (Å²) in [6.45, 7) is 2.47. The molecule has 1 aromatic rings. The highest BCUT2D eigenvalue weighted by Gasteiger charge is 2.41. The van der Waals surface area contributed by atoms with E-state index in [0.29, 0.717) is 44.8 Å². The van der Waals surface area contributed by atoms with Gasteiger partial charge in [-0.2, -0.15) is 0 Å². The van der Waals surface area contributed by atoms with E-state index in [0.717, 1.165) is 0 Å². The van der Waals surface area contributed by atoms with Crippen molar-refractivity contribution in [3.63, 3.8) is 0 Å². The van der Waals surface area contributed by atoms with Crippen LogP contribution in [0.2, 0.25) is 5.15 Å². The Morgan fingerprint density at radius 2 is 1.89 bits per heavy atom. The van der Waals surface area contributed by atoms with Gasteiger partial charge in [0, 0.05) is 25.9 Å². The van der Waals surface area contributed by atoms with Crippen molar-refractivity contribution in [2.75, 3.05) is 26.3 Å². The van der Waals surface area contributed by atoms with E-state index in [1.54, 1.807) is 17.0 Å². The zero-order valence-electron chi connectivity index (χ0n) is 10.3. The molecule has 1 spiro atoms. The van der Waals surface area contributed by atoms with Crippen LogP contribution in [-0.2, 0) is 9.47 Å². The lowest BCUT2D eigenvalue weighted by Gasteiger charge is -2.37. The highest BCUT2D eigenvalue weighted by molar-refractivity contribution is 6.29. The number of carbonyl (C=O) groups excluding carboxylic acids is 1. The number of amides is 1. The average molecular weight is 284 g/mol. The van der Waals surface area contributed by atoms with E-state index in [1.807, 2.05) is 0 Å². The van der Waals surface area contributed by atoms with E-state index >= 15 is 0 Å². The number of hydrogen-bond acceptors (Lipinski definition) is 5. The van der Waals surface area contributed by atoms with Gasteiger partial charge in [0.15, 0.2) is 16.6 Å². The summed E-state index contributed by atoms with van der Waals surface area (Å²) in [5, 5.41) is 7.77. The van der Waals surface area contributed by atoms with Crippen LogP contribution in [0.5, 0.6) is 0 Å². The summed E-state index contributed by atoms with van der Waals surface area (Å²) in [7, 11) is 0. The topological polar surface area (TPSA) is 64.6 Å². The lowest BCUT2D eigenvalue weighted by molar-refractivity contribution is -0.181. The molecule has 1 amide bonds. The van der Waals surface area contributed by atoms with Gasteiger partial charge in [0.25, 0.3) is 5.91 Å².